The summed E-state index contributed by atoms with van der Waals surface area (Å²) in [6, 6.07) is 12.3. The Labute approximate surface area is 163 Å². The van der Waals surface area contributed by atoms with Crippen LogP contribution in [0.2, 0.25) is 0 Å². The summed E-state index contributed by atoms with van der Waals surface area (Å²) in [4.78, 5) is 37.4. The van der Waals surface area contributed by atoms with E-state index in [0.717, 1.165) is 11.3 Å². The van der Waals surface area contributed by atoms with Gasteiger partial charge in [-0.25, -0.2) is 0 Å². The van der Waals surface area contributed by atoms with E-state index in [9.17, 15) is 19.7 Å². The second-order valence-corrected chi connectivity index (χ2v) is 7.35. The first-order valence-corrected chi connectivity index (χ1v) is 9.23. The van der Waals surface area contributed by atoms with Gasteiger partial charge in [0.15, 0.2) is 0 Å². The Morgan fingerprint density at radius 3 is 2.64 bits per heavy atom. The first-order valence-electron chi connectivity index (χ1n) is 9.23. The number of nitro groups is 1. The molecule has 28 heavy (non-hydrogen) atoms. The van der Waals surface area contributed by atoms with Gasteiger partial charge in [0.05, 0.1) is 22.1 Å². The molecule has 0 radical (unpaired) electrons. The smallest absolute Gasteiger partial charge is 0.274 e. The summed E-state index contributed by atoms with van der Waals surface area (Å²) in [5.74, 6) is -0.571. The summed E-state index contributed by atoms with van der Waals surface area (Å²) >= 11 is 0. The van der Waals surface area contributed by atoms with Gasteiger partial charge >= 0.3 is 0 Å². The molecule has 0 bridgehead atoms. The monoisotopic (exact) mass is 381 g/mol. The fourth-order valence-electron chi connectivity index (χ4n) is 3.38. The van der Waals surface area contributed by atoms with Crippen molar-refractivity contribution in [2.24, 2.45) is 5.92 Å². The van der Waals surface area contributed by atoms with Gasteiger partial charge in [0.25, 0.3) is 5.69 Å². The van der Waals surface area contributed by atoms with Crippen molar-refractivity contribution in [3.63, 3.8) is 0 Å². The summed E-state index contributed by atoms with van der Waals surface area (Å²) in [5.41, 5.74) is 2.66. The second-order valence-electron chi connectivity index (χ2n) is 7.35. The Balaban J connectivity index is 1.75. The second kappa shape index (κ2) is 7.80. The van der Waals surface area contributed by atoms with E-state index >= 15 is 0 Å². The lowest BCUT2D eigenvalue weighted by molar-refractivity contribution is -0.385. The molecule has 1 saturated heterocycles. The largest absolute Gasteiger partial charge is 0.325 e. The molecule has 0 aromatic heterocycles. The molecule has 2 amide bonds. The minimum atomic E-state index is -0.506. The highest BCUT2D eigenvalue weighted by atomic mass is 16.6. The Morgan fingerprint density at radius 2 is 1.96 bits per heavy atom. The number of carbonyl (C=O) groups is 2. The van der Waals surface area contributed by atoms with Crippen LogP contribution in [0, 0.1) is 23.0 Å². The maximum absolute atomic E-state index is 12.7. The molecule has 2 aromatic carbocycles. The van der Waals surface area contributed by atoms with Gasteiger partial charge < -0.3 is 10.2 Å². The molecular formula is C21H23N3O4. The van der Waals surface area contributed by atoms with Gasteiger partial charge in [-0.2, -0.15) is 0 Å². The van der Waals surface area contributed by atoms with Crippen molar-refractivity contribution < 1.29 is 14.5 Å². The van der Waals surface area contributed by atoms with Crippen LogP contribution in [0.15, 0.2) is 42.5 Å². The van der Waals surface area contributed by atoms with E-state index in [0.29, 0.717) is 23.7 Å². The zero-order valence-corrected chi connectivity index (χ0v) is 16.1. The van der Waals surface area contributed by atoms with Crippen LogP contribution >= 0.6 is 0 Å². The van der Waals surface area contributed by atoms with Gasteiger partial charge in [0.2, 0.25) is 11.8 Å². The van der Waals surface area contributed by atoms with Crippen LogP contribution in [-0.2, 0) is 9.59 Å². The maximum Gasteiger partial charge on any atom is 0.274 e. The van der Waals surface area contributed by atoms with E-state index in [-0.39, 0.29) is 23.9 Å². The van der Waals surface area contributed by atoms with Crippen LogP contribution in [0.5, 0.6) is 0 Å². The minimum absolute atomic E-state index is 0.0487. The number of nitrogens with one attached hydrogen (secondary N) is 1. The third-order valence-corrected chi connectivity index (χ3v) is 5.10. The molecule has 2 aromatic rings. The number of benzene rings is 2. The summed E-state index contributed by atoms with van der Waals surface area (Å²) in [6.45, 7) is 6.06. The fraction of sp³-hybridized carbons (Fsp3) is 0.333. The average molecular weight is 381 g/mol. The molecule has 0 spiro atoms. The van der Waals surface area contributed by atoms with Crippen LogP contribution in [0.4, 0.5) is 17.1 Å². The van der Waals surface area contributed by atoms with Crippen LogP contribution < -0.4 is 10.2 Å². The van der Waals surface area contributed by atoms with Gasteiger partial charge in [0.1, 0.15) is 0 Å². The van der Waals surface area contributed by atoms with Crippen molar-refractivity contribution in [1.29, 1.82) is 0 Å². The number of anilines is 2. The van der Waals surface area contributed by atoms with Crippen LogP contribution in [0.1, 0.15) is 37.3 Å². The van der Waals surface area contributed by atoms with Crippen molar-refractivity contribution in [3.8, 4) is 0 Å². The van der Waals surface area contributed by atoms with E-state index in [1.165, 1.54) is 12.1 Å². The molecule has 0 saturated carbocycles. The highest BCUT2D eigenvalue weighted by Crippen LogP contribution is 2.30. The van der Waals surface area contributed by atoms with E-state index in [1.54, 1.807) is 17.9 Å². The Morgan fingerprint density at radius 1 is 1.25 bits per heavy atom. The molecule has 1 fully saturated rings. The predicted molar refractivity (Wildman–Crippen MR) is 107 cm³/mol. The molecule has 1 aliphatic rings. The number of amides is 2. The lowest BCUT2D eigenvalue weighted by Gasteiger charge is -2.18. The molecule has 1 unspecified atom stereocenters. The van der Waals surface area contributed by atoms with Crippen molar-refractivity contribution >= 4 is 28.9 Å². The molecule has 1 atom stereocenters. The molecule has 7 heteroatoms. The van der Waals surface area contributed by atoms with Crippen molar-refractivity contribution in [2.45, 2.75) is 33.1 Å². The molecule has 1 aliphatic heterocycles. The Kier molecular flexibility index (Phi) is 5.44. The highest BCUT2D eigenvalue weighted by Gasteiger charge is 2.35. The summed E-state index contributed by atoms with van der Waals surface area (Å²) in [5, 5.41) is 13.8. The summed E-state index contributed by atoms with van der Waals surface area (Å²) < 4.78 is 0. The number of nitro benzene ring substituents is 1. The quantitative estimate of drug-likeness (QED) is 0.625. The number of rotatable bonds is 5. The van der Waals surface area contributed by atoms with Crippen molar-refractivity contribution in [2.75, 3.05) is 16.8 Å². The van der Waals surface area contributed by atoms with Crippen molar-refractivity contribution in [1.82, 2.24) is 0 Å². The predicted octanol–water partition coefficient (Wildman–Crippen LogP) is 4.02. The lowest BCUT2D eigenvalue weighted by atomic mass is 10.0. The molecule has 146 valence electrons. The number of hydrogen-bond donors (Lipinski definition) is 1. The van der Waals surface area contributed by atoms with E-state index < -0.39 is 10.8 Å². The number of carbonyl (C=O) groups excluding carboxylic acids is 2. The van der Waals surface area contributed by atoms with Crippen LogP contribution in [0.25, 0.3) is 0 Å². The normalized spacial score (nSPS) is 16.5. The Bertz CT molecular complexity index is 939. The topological polar surface area (TPSA) is 92.6 Å². The number of nitrogens with zero attached hydrogens (tertiary/aromatic N) is 2. The van der Waals surface area contributed by atoms with E-state index in [4.69, 9.17) is 0 Å². The highest BCUT2D eigenvalue weighted by molar-refractivity contribution is 6.03. The zero-order chi connectivity index (χ0) is 20.4. The molecule has 0 aliphatic carbocycles. The van der Waals surface area contributed by atoms with Crippen LogP contribution in [0.3, 0.4) is 0 Å². The molecule has 3 rings (SSSR count). The molecular weight excluding hydrogens is 358 g/mol. The van der Waals surface area contributed by atoms with E-state index in [1.807, 2.05) is 24.3 Å². The fourth-order valence-corrected chi connectivity index (χ4v) is 3.38. The average Bonchev–Trinajstić information content (AvgIpc) is 3.05. The van der Waals surface area contributed by atoms with Gasteiger partial charge in [-0.1, -0.05) is 32.0 Å². The first-order chi connectivity index (χ1) is 13.3. The first kappa shape index (κ1) is 19.5. The summed E-state index contributed by atoms with van der Waals surface area (Å²) in [6.07, 6.45) is 0.117. The zero-order valence-electron chi connectivity index (χ0n) is 16.1. The minimum Gasteiger partial charge on any atom is -0.325 e. The van der Waals surface area contributed by atoms with Gasteiger partial charge in [-0.3, -0.25) is 19.7 Å². The molecule has 7 nitrogen and oxygen atoms in total. The van der Waals surface area contributed by atoms with Gasteiger partial charge in [-0.15, -0.1) is 0 Å². The van der Waals surface area contributed by atoms with Gasteiger partial charge in [-0.05, 0) is 36.6 Å². The van der Waals surface area contributed by atoms with Crippen molar-refractivity contribution in [3.05, 3.63) is 63.7 Å². The molecule has 1 heterocycles. The molecule has 1 N–H and O–H groups in total. The van der Waals surface area contributed by atoms with Crippen LogP contribution in [-0.4, -0.2) is 23.3 Å². The van der Waals surface area contributed by atoms with Gasteiger partial charge in [0, 0.05) is 24.7 Å². The summed E-state index contributed by atoms with van der Waals surface area (Å²) in [7, 11) is 0. The standard InChI is InChI=1S/C21H23N3O4/c1-13(2)15-6-4-7-17(10-15)23-12-16(11-20(23)25)21(26)22-18-8-5-9-19(14(18)3)24(27)28/h4-10,13,16H,11-12H2,1-3H3,(H,22,26). The third kappa shape index (κ3) is 3.88. The van der Waals surface area contributed by atoms with E-state index in [2.05, 4.69) is 19.2 Å². The SMILES string of the molecule is Cc1c(NC(=O)C2CC(=O)N(c3cccc(C(C)C)c3)C2)cccc1[N+](=O)[O-]. The Hall–Kier alpha value is -3.22. The maximum atomic E-state index is 12.7. The third-order valence-electron chi connectivity index (χ3n) is 5.10. The lowest BCUT2D eigenvalue weighted by Crippen LogP contribution is -2.28. The number of hydrogen-bond acceptors (Lipinski definition) is 4.